The first kappa shape index (κ1) is 20.1. The number of likely N-dealkylation sites (tertiary alicyclic amines) is 1. The van der Waals surface area contributed by atoms with Gasteiger partial charge in [-0.15, -0.1) is 0 Å². The molecule has 0 radical (unpaired) electrons. The number of ether oxygens (including phenoxy) is 2. The van der Waals surface area contributed by atoms with Crippen molar-refractivity contribution >= 4 is 38.4 Å². The summed E-state index contributed by atoms with van der Waals surface area (Å²) in [4.78, 5) is 25.7. The number of aliphatic hydroxyl groups is 1. The first-order chi connectivity index (χ1) is 14.0. The standard InChI is InChI=1S/C19H27N5O4S/c1-19(12-25)3-5-24(6-4-19)18(26)22-17-21-14-15(29-17)13(11-20-16(14)27-2)23-7-9-28-10-8-23/h11,25H,3-10,12H2,1-2H3,(H,21,22,26). The van der Waals surface area contributed by atoms with E-state index in [2.05, 4.69) is 27.1 Å². The molecule has 0 spiro atoms. The molecule has 4 heterocycles. The molecular formula is C19H27N5O4S. The number of hydrogen-bond donors (Lipinski definition) is 2. The maximum Gasteiger partial charge on any atom is 0.323 e. The van der Waals surface area contributed by atoms with Crippen molar-refractivity contribution in [2.24, 2.45) is 5.41 Å². The van der Waals surface area contributed by atoms with E-state index in [-0.39, 0.29) is 18.1 Å². The molecule has 0 aromatic carbocycles. The number of morpholine rings is 1. The number of thiazole rings is 1. The molecule has 0 unspecified atom stereocenters. The van der Waals surface area contributed by atoms with Gasteiger partial charge in [-0.3, -0.25) is 5.32 Å². The number of fused-ring (bicyclic) bond motifs is 1. The number of pyridine rings is 1. The summed E-state index contributed by atoms with van der Waals surface area (Å²) in [5.41, 5.74) is 1.54. The summed E-state index contributed by atoms with van der Waals surface area (Å²) >= 11 is 1.43. The molecule has 2 fully saturated rings. The molecule has 0 bridgehead atoms. The zero-order valence-corrected chi connectivity index (χ0v) is 17.6. The first-order valence-corrected chi connectivity index (χ1v) is 10.7. The number of amides is 2. The van der Waals surface area contributed by atoms with Crippen LogP contribution in [-0.4, -0.2) is 79.1 Å². The molecule has 29 heavy (non-hydrogen) atoms. The predicted molar refractivity (Wildman–Crippen MR) is 112 cm³/mol. The number of urea groups is 1. The van der Waals surface area contributed by atoms with Crippen molar-refractivity contribution in [2.45, 2.75) is 19.8 Å². The second kappa shape index (κ2) is 8.29. The van der Waals surface area contributed by atoms with E-state index in [1.54, 1.807) is 18.2 Å². The first-order valence-electron chi connectivity index (χ1n) is 9.86. The Balaban J connectivity index is 1.54. The van der Waals surface area contributed by atoms with E-state index in [9.17, 15) is 9.90 Å². The largest absolute Gasteiger partial charge is 0.479 e. The Morgan fingerprint density at radius 3 is 2.72 bits per heavy atom. The highest BCUT2D eigenvalue weighted by atomic mass is 32.1. The lowest BCUT2D eigenvalue weighted by Crippen LogP contribution is -2.45. The Labute approximate surface area is 173 Å². The molecule has 9 nitrogen and oxygen atoms in total. The van der Waals surface area contributed by atoms with Gasteiger partial charge in [0.25, 0.3) is 0 Å². The molecular weight excluding hydrogens is 394 g/mol. The highest BCUT2D eigenvalue weighted by Crippen LogP contribution is 2.38. The summed E-state index contributed by atoms with van der Waals surface area (Å²) in [6.07, 6.45) is 3.38. The van der Waals surface area contributed by atoms with Crippen molar-refractivity contribution in [1.29, 1.82) is 0 Å². The highest BCUT2D eigenvalue weighted by molar-refractivity contribution is 7.23. The number of methoxy groups -OCH3 is 1. The summed E-state index contributed by atoms with van der Waals surface area (Å²) in [5.74, 6) is 0.449. The van der Waals surface area contributed by atoms with Crippen LogP contribution in [0, 0.1) is 5.41 Å². The Morgan fingerprint density at radius 2 is 2.07 bits per heavy atom. The summed E-state index contributed by atoms with van der Waals surface area (Å²) < 4.78 is 11.8. The van der Waals surface area contributed by atoms with Gasteiger partial charge in [-0.05, 0) is 18.3 Å². The smallest absolute Gasteiger partial charge is 0.323 e. The second-order valence-corrected chi connectivity index (χ2v) is 8.83. The highest BCUT2D eigenvalue weighted by Gasteiger charge is 2.31. The quantitative estimate of drug-likeness (QED) is 0.780. The fourth-order valence-electron chi connectivity index (χ4n) is 3.69. The molecule has 0 atom stereocenters. The van der Waals surface area contributed by atoms with Gasteiger partial charge in [-0.1, -0.05) is 18.3 Å². The molecule has 2 aliphatic rings. The van der Waals surface area contributed by atoms with Crippen molar-refractivity contribution in [3.8, 4) is 5.88 Å². The number of hydrogen-bond acceptors (Lipinski definition) is 8. The predicted octanol–water partition coefficient (Wildman–Crippen LogP) is 2.16. The molecule has 2 aromatic rings. The van der Waals surface area contributed by atoms with E-state index >= 15 is 0 Å². The molecule has 2 aliphatic heterocycles. The summed E-state index contributed by atoms with van der Waals surface area (Å²) in [6, 6.07) is -0.163. The van der Waals surface area contributed by atoms with Crippen LogP contribution in [0.25, 0.3) is 10.2 Å². The van der Waals surface area contributed by atoms with Crippen molar-refractivity contribution in [1.82, 2.24) is 14.9 Å². The third kappa shape index (κ3) is 4.10. The third-order valence-corrected chi connectivity index (χ3v) is 6.76. The normalized spacial score (nSPS) is 19.4. The van der Waals surface area contributed by atoms with Gasteiger partial charge < -0.3 is 24.4 Å². The molecule has 2 aromatic heterocycles. The molecule has 10 heteroatoms. The van der Waals surface area contributed by atoms with Crippen molar-refractivity contribution in [3.05, 3.63) is 6.20 Å². The van der Waals surface area contributed by atoms with E-state index in [1.807, 2.05) is 0 Å². The van der Waals surface area contributed by atoms with Crippen LogP contribution >= 0.6 is 11.3 Å². The summed E-state index contributed by atoms with van der Waals surface area (Å²) in [6.45, 7) is 6.39. The van der Waals surface area contributed by atoms with Gasteiger partial charge in [0, 0.05) is 32.8 Å². The molecule has 0 aliphatic carbocycles. The molecule has 158 valence electrons. The number of carbonyl (C=O) groups excluding carboxylic acids is 1. The van der Waals surface area contributed by atoms with E-state index in [0.717, 1.165) is 36.3 Å². The fraction of sp³-hybridized carbons (Fsp3) is 0.632. The molecule has 2 N–H and O–H groups in total. The van der Waals surface area contributed by atoms with Gasteiger partial charge in [0.15, 0.2) is 5.13 Å². The van der Waals surface area contributed by atoms with E-state index in [0.29, 0.717) is 42.8 Å². The van der Waals surface area contributed by atoms with Crippen LogP contribution in [0.1, 0.15) is 19.8 Å². The number of piperidine rings is 1. The average molecular weight is 422 g/mol. The molecule has 2 amide bonds. The van der Waals surface area contributed by atoms with Crippen LogP contribution in [0.15, 0.2) is 6.20 Å². The van der Waals surface area contributed by atoms with Gasteiger partial charge in [0.05, 0.1) is 36.9 Å². The summed E-state index contributed by atoms with van der Waals surface area (Å²) in [7, 11) is 1.57. The SMILES string of the molecule is COc1ncc(N2CCOCC2)c2sc(NC(=O)N3CCC(C)(CO)CC3)nc12. The van der Waals surface area contributed by atoms with Gasteiger partial charge in [0.1, 0.15) is 5.52 Å². The van der Waals surface area contributed by atoms with Gasteiger partial charge in [-0.2, -0.15) is 0 Å². The lowest BCUT2D eigenvalue weighted by atomic mass is 9.81. The second-order valence-electron chi connectivity index (χ2n) is 7.83. The van der Waals surface area contributed by atoms with Gasteiger partial charge in [-0.25, -0.2) is 14.8 Å². The monoisotopic (exact) mass is 421 g/mol. The topological polar surface area (TPSA) is 100 Å². The number of aromatic nitrogens is 2. The maximum absolute atomic E-state index is 12.7. The van der Waals surface area contributed by atoms with Crippen LogP contribution in [0.5, 0.6) is 5.88 Å². The molecule has 2 saturated heterocycles. The van der Waals surface area contributed by atoms with Crippen LogP contribution in [-0.2, 0) is 4.74 Å². The molecule has 0 saturated carbocycles. The Hall–Kier alpha value is -2.17. The number of aliphatic hydroxyl groups excluding tert-OH is 1. The fourth-order valence-corrected chi connectivity index (χ4v) is 4.67. The number of carbonyl (C=O) groups is 1. The minimum Gasteiger partial charge on any atom is -0.479 e. The van der Waals surface area contributed by atoms with Crippen molar-refractivity contribution in [3.63, 3.8) is 0 Å². The van der Waals surface area contributed by atoms with E-state index < -0.39 is 0 Å². The lowest BCUT2D eigenvalue weighted by molar-refractivity contribution is 0.0728. The van der Waals surface area contributed by atoms with Gasteiger partial charge in [0.2, 0.25) is 5.88 Å². The Kier molecular flexibility index (Phi) is 5.75. The van der Waals surface area contributed by atoms with Crippen molar-refractivity contribution in [2.75, 3.05) is 63.3 Å². The van der Waals surface area contributed by atoms with Gasteiger partial charge >= 0.3 is 6.03 Å². The number of anilines is 2. The van der Waals surface area contributed by atoms with Crippen LogP contribution in [0.3, 0.4) is 0 Å². The Morgan fingerprint density at radius 1 is 1.34 bits per heavy atom. The third-order valence-electron chi connectivity index (χ3n) is 5.76. The molecule has 4 rings (SSSR count). The average Bonchev–Trinajstić information content (AvgIpc) is 3.17. The minimum atomic E-state index is -0.163. The zero-order chi connectivity index (χ0) is 20.4. The number of nitrogens with one attached hydrogen (secondary N) is 1. The van der Waals surface area contributed by atoms with Crippen LogP contribution in [0.2, 0.25) is 0 Å². The van der Waals surface area contributed by atoms with Crippen LogP contribution in [0.4, 0.5) is 15.6 Å². The van der Waals surface area contributed by atoms with Crippen molar-refractivity contribution < 1.29 is 19.4 Å². The minimum absolute atomic E-state index is 0.0985. The Bertz CT molecular complexity index is 875. The zero-order valence-electron chi connectivity index (χ0n) is 16.8. The van der Waals surface area contributed by atoms with E-state index in [1.165, 1.54) is 11.3 Å². The number of rotatable bonds is 4. The summed E-state index contributed by atoms with van der Waals surface area (Å²) in [5, 5.41) is 13.0. The lowest BCUT2D eigenvalue weighted by Gasteiger charge is -2.37. The van der Waals surface area contributed by atoms with E-state index in [4.69, 9.17) is 9.47 Å². The number of nitrogens with zero attached hydrogens (tertiary/aromatic N) is 4. The van der Waals surface area contributed by atoms with Crippen LogP contribution < -0.4 is 15.0 Å². The maximum atomic E-state index is 12.7.